The Balaban J connectivity index is 1.31. The second-order valence-electron chi connectivity index (χ2n) is 7.29. The number of benzene rings is 1. The molecule has 10 heteroatoms. The molecule has 3 heterocycles. The van der Waals surface area contributed by atoms with Gasteiger partial charge in [0.05, 0.1) is 6.20 Å². The van der Waals surface area contributed by atoms with E-state index >= 15 is 0 Å². The van der Waals surface area contributed by atoms with E-state index in [0.29, 0.717) is 53.8 Å². The lowest BCUT2D eigenvalue weighted by Gasteiger charge is -2.11. The number of fused-ring (bicyclic) bond motifs is 1. The van der Waals surface area contributed by atoms with Crippen LogP contribution in [0.4, 0.5) is 0 Å². The fourth-order valence-corrected chi connectivity index (χ4v) is 3.59. The minimum atomic E-state index is -0.0838. The van der Waals surface area contributed by atoms with Crippen molar-refractivity contribution in [1.82, 2.24) is 30.1 Å². The zero-order chi connectivity index (χ0) is 22.7. The van der Waals surface area contributed by atoms with Gasteiger partial charge in [0, 0.05) is 41.4 Å². The van der Waals surface area contributed by atoms with Gasteiger partial charge in [0.25, 0.3) is 0 Å². The SMILES string of the molecule is Cc1nc2c(C#N)cnn2c(C)c1CCC(=O)NCCc1nc(-c2ccc(Cl)cc2)no1. The molecule has 0 aliphatic rings. The van der Waals surface area contributed by atoms with Gasteiger partial charge in [-0.05, 0) is 50.1 Å². The Labute approximate surface area is 189 Å². The van der Waals surface area contributed by atoms with Gasteiger partial charge in [-0.15, -0.1) is 0 Å². The molecule has 0 fully saturated rings. The van der Waals surface area contributed by atoms with Crippen LogP contribution in [0.1, 0.15) is 34.8 Å². The minimum absolute atomic E-state index is 0.0838. The van der Waals surface area contributed by atoms with Crippen LogP contribution < -0.4 is 5.32 Å². The van der Waals surface area contributed by atoms with Crippen molar-refractivity contribution in [3.63, 3.8) is 0 Å². The highest BCUT2D eigenvalue weighted by atomic mass is 35.5. The lowest BCUT2D eigenvalue weighted by Crippen LogP contribution is -2.26. The maximum atomic E-state index is 12.3. The van der Waals surface area contributed by atoms with E-state index in [0.717, 1.165) is 22.5 Å². The van der Waals surface area contributed by atoms with Crippen molar-refractivity contribution in [2.45, 2.75) is 33.1 Å². The molecule has 1 amide bonds. The Morgan fingerprint density at radius 2 is 2.00 bits per heavy atom. The first-order valence-corrected chi connectivity index (χ1v) is 10.4. The Morgan fingerprint density at radius 1 is 1.22 bits per heavy atom. The highest BCUT2D eigenvalue weighted by Crippen LogP contribution is 2.19. The lowest BCUT2D eigenvalue weighted by atomic mass is 10.1. The number of hydrogen-bond acceptors (Lipinski definition) is 7. The van der Waals surface area contributed by atoms with Gasteiger partial charge in [-0.25, -0.2) is 9.50 Å². The number of nitrogens with zero attached hydrogens (tertiary/aromatic N) is 6. The molecule has 1 aromatic carbocycles. The molecule has 0 aliphatic heterocycles. The number of carbonyl (C=O) groups excluding carboxylic acids is 1. The van der Waals surface area contributed by atoms with Gasteiger partial charge < -0.3 is 9.84 Å². The summed E-state index contributed by atoms with van der Waals surface area (Å²) in [6.45, 7) is 4.18. The molecule has 0 unspecified atom stereocenters. The third-order valence-electron chi connectivity index (χ3n) is 5.16. The van der Waals surface area contributed by atoms with E-state index in [1.165, 1.54) is 6.20 Å². The quantitative estimate of drug-likeness (QED) is 0.459. The molecule has 0 bridgehead atoms. The normalized spacial score (nSPS) is 10.9. The molecule has 4 aromatic rings. The molecule has 0 radical (unpaired) electrons. The highest BCUT2D eigenvalue weighted by molar-refractivity contribution is 6.30. The Bertz CT molecular complexity index is 1320. The number of carbonyl (C=O) groups is 1. The predicted octanol–water partition coefficient (Wildman–Crippen LogP) is 3.21. The summed E-state index contributed by atoms with van der Waals surface area (Å²) in [5.41, 5.74) is 4.39. The van der Waals surface area contributed by atoms with Crippen molar-refractivity contribution < 1.29 is 9.32 Å². The van der Waals surface area contributed by atoms with Crippen LogP contribution in [0.2, 0.25) is 5.02 Å². The summed E-state index contributed by atoms with van der Waals surface area (Å²) < 4.78 is 6.90. The van der Waals surface area contributed by atoms with Gasteiger partial charge in [0.2, 0.25) is 17.6 Å². The molecular formula is C22H20ClN7O2. The maximum absolute atomic E-state index is 12.3. The molecule has 4 rings (SSSR count). The summed E-state index contributed by atoms with van der Waals surface area (Å²) in [6, 6.07) is 9.25. The Hall–Kier alpha value is -3.77. The predicted molar refractivity (Wildman–Crippen MR) is 117 cm³/mol. The second-order valence-corrected chi connectivity index (χ2v) is 7.72. The first kappa shape index (κ1) is 21.5. The van der Waals surface area contributed by atoms with Crippen LogP contribution in [0.25, 0.3) is 17.0 Å². The number of halogens is 1. The molecule has 0 saturated carbocycles. The van der Waals surface area contributed by atoms with E-state index in [2.05, 4.69) is 31.6 Å². The van der Waals surface area contributed by atoms with Gasteiger partial charge in [0.15, 0.2) is 5.65 Å². The van der Waals surface area contributed by atoms with Crippen LogP contribution in [-0.4, -0.2) is 37.2 Å². The van der Waals surface area contributed by atoms with Crippen LogP contribution in [0, 0.1) is 25.2 Å². The van der Waals surface area contributed by atoms with Crippen molar-refractivity contribution in [2.75, 3.05) is 6.54 Å². The summed E-state index contributed by atoms with van der Waals surface area (Å²) in [5, 5.41) is 20.9. The third-order valence-corrected chi connectivity index (χ3v) is 5.41. The zero-order valence-electron chi connectivity index (χ0n) is 17.6. The smallest absolute Gasteiger partial charge is 0.228 e. The summed E-state index contributed by atoms with van der Waals surface area (Å²) in [6.07, 6.45) is 2.76. The van der Waals surface area contributed by atoms with Gasteiger partial charge >= 0.3 is 0 Å². The number of amides is 1. The van der Waals surface area contributed by atoms with Gasteiger partial charge in [-0.3, -0.25) is 4.79 Å². The average Bonchev–Trinajstić information content (AvgIpc) is 3.41. The molecule has 0 aliphatic carbocycles. The minimum Gasteiger partial charge on any atom is -0.356 e. The molecular weight excluding hydrogens is 430 g/mol. The van der Waals surface area contributed by atoms with E-state index in [4.69, 9.17) is 21.4 Å². The number of hydrogen-bond donors (Lipinski definition) is 1. The third kappa shape index (κ3) is 4.45. The fourth-order valence-electron chi connectivity index (χ4n) is 3.46. The van der Waals surface area contributed by atoms with Crippen LogP contribution in [0.5, 0.6) is 0 Å². The van der Waals surface area contributed by atoms with Crippen molar-refractivity contribution in [3.05, 3.63) is 63.9 Å². The summed E-state index contributed by atoms with van der Waals surface area (Å²) in [5.74, 6) is 0.845. The van der Waals surface area contributed by atoms with Gasteiger partial charge in [-0.1, -0.05) is 16.8 Å². The van der Waals surface area contributed by atoms with Gasteiger partial charge in [0.1, 0.15) is 11.6 Å². The summed E-state index contributed by atoms with van der Waals surface area (Å²) in [4.78, 5) is 21.2. The van der Waals surface area contributed by atoms with Crippen molar-refractivity contribution >= 4 is 23.2 Å². The van der Waals surface area contributed by atoms with E-state index in [1.54, 1.807) is 16.6 Å². The second kappa shape index (κ2) is 9.16. The van der Waals surface area contributed by atoms with Crippen LogP contribution in [-0.2, 0) is 17.6 Å². The molecule has 0 saturated heterocycles. The van der Waals surface area contributed by atoms with E-state index in [9.17, 15) is 4.79 Å². The highest BCUT2D eigenvalue weighted by Gasteiger charge is 2.15. The van der Waals surface area contributed by atoms with Gasteiger partial charge in [-0.2, -0.15) is 15.3 Å². The Morgan fingerprint density at radius 3 is 2.75 bits per heavy atom. The lowest BCUT2D eigenvalue weighted by molar-refractivity contribution is -0.121. The number of rotatable bonds is 7. The summed E-state index contributed by atoms with van der Waals surface area (Å²) >= 11 is 5.89. The first-order chi connectivity index (χ1) is 15.5. The summed E-state index contributed by atoms with van der Waals surface area (Å²) in [7, 11) is 0. The molecule has 9 nitrogen and oxygen atoms in total. The maximum Gasteiger partial charge on any atom is 0.228 e. The monoisotopic (exact) mass is 449 g/mol. The fraction of sp³-hybridized carbons (Fsp3) is 0.273. The molecule has 162 valence electrons. The molecule has 3 aromatic heterocycles. The largest absolute Gasteiger partial charge is 0.356 e. The first-order valence-electron chi connectivity index (χ1n) is 10.1. The van der Waals surface area contributed by atoms with Crippen molar-refractivity contribution in [1.29, 1.82) is 5.26 Å². The molecule has 1 N–H and O–H groups in total. The van der Waals surface area contributed by atoms with Crippen molar-refractivity contribution in [2.24, 2.45) is 0 Å². The number of nitriles is 1. The van der Waals surface area contributed by atoms with E-state index < -0.39 is 0 Å². The van der Waals surface area contributed by atoms with E-state index in [-0.39, 0.29) is 5.91 Å². The van der Waals surface area contributed by atoms with Crippen LogP contribution >= 0.6 is 11.6 Å². The number of aromatic nitrogens is 5. The Kier molecular flexibility index (Phi) is 6.14. The van der Waals surface area contributed by atoms with Crippen molar-refractivity contribution in [3.8, 4) is 17.5 Å². The number of aryl methyl sites for hydroxylation is 2. The van der Waals surface area contributed by atoms with E-state index in [1.807, 2.05) is 26.0 Å². The number of nitrogens with one attached hydrogen (secondary N) is 1. The molecule has 32 heavy (non-hydrogen) atoms. The molecule has 0 spiro atoms. The zero-order valence-corrected chi connectivity index (χ0v) is 18.3. The standard InChI is InChI=1S/C22H20ClN7O2/c1-13-18(14(2)30-22(27-13)16(11-24)12-26-30)7-8-19(31)25-10-9-20-28-21(29-32-20)15-3-5-17(23)6-4-15/h3-6,12H,7-10H2,1-2H3,(H,25,31). The van der Waals surface area contributed by atoms with Crippen LogP contribution in [0.15, 0.2) is 35.0 Å². The van der Waals surface area contributed by atoms with Crippen LogP contribution in [0.3, 0.4) is 0 Å². The average molecular weight is 450 g/mol. The molecule has 0 atom stereocenters. The topological polar surface area (TPSA) is 122 Å².